The van der Waals surface area contributed by atoms with Crippen molar-refractivity contribution in [1.29, 1.82) is 0 Å². The van der Waals surface area contributed by atoms with Gasteiger partial charge in [0.1, 0.15) is 21.5 Å². The highest BCUT2D eigenvalue weighted by Gasteiger charge is 2.13. The molecular weight excluding hydrogens is 460 g/mol. The predicted molar refractivity (Wildman–Crippen MR) is 151 cm³/mol. The van der Waals surface area contributed by atoms with E-state index in [0.717, 1.165) is 65.6 Å². The van der Waals surface area contributed by atoms with Gasteiger partial charge in [-0.05, 0) is 47.0 Å². The molecular formula is C32H18N2OS. The summed E-state index contributed by atoms with van der Waals surface area (Å²) in [5.41, 5.74) is 9.13. The molecule has 0 aliphatic carbocycles. The smallest absolute Gasteiger partial charge is 0.143 e. The van der Waals surface area contributed by atoms with Crippen molar-refractivity contribution >= 4 is 64.7 Å². The first-order chi connectivity index (χ1) is 17.8. The first kappa shape index (κ1) is 19.7. The molecule has 0 N–H and O–H groups in total. The minimum atomic E-state index is 0.913. The first-order valence-corrected chi connectivity index (χ1v) is 12.7. The average Bonchev–Trinajstić information content (AvgIpc) is 3.49. The molecule has 168 valence electrons. The van der Waals surface area contributed by atoms with Gasteiger partial charge in [0.2, 0.25) is 0 Å². The molecule has 0 aliphatic heterocycles. The van der Waals surface area contributed by atoms with Gasteiger partial charge in [0.05, 0.1) is 11.0 Å². The second-order valence-corrected chi connectivity index (χ2v) is 10.1. The molecule has 3 heterocycles. The number of fused-ring (bicyclic) bond motifs is 7. The Kier molecular flexibility index (Phi) is 4.10. The Morgan fingerprint density at radius 1 is 0.556 bits per heavy atom. The molecule has 0 saturated carbocycles. The van der Waals surface area contributed by atoms with E-state index in [1.54, 1.807) is 11.3 Å². The zero-order chi connectivity index (χ0) is 23.6. The highest BCUT2D eigenvalue weighted by Crippen LogP contribution is 2.37. The van der Waals surface area contributed by atoms with Crippen LogP contribution in [0.5, 0.6) is 0 Å². The third-order valence-electron chi connectivity index (χ3n) is 6.89. The lowest BCUT2D eigenvalue weighted by Crippen LogP contribution is -1.87. The van der Waals surface area contributed by atoms with Crippen LogP contribution in [-0.4, -0.2) is 9.97 Å². The summed E-state index contributed by atoms with van der Waals surface area (Å²) in [5.74, 6) is 0. The molecule has 8 aromatic rings. The Balaban J connectivity index is 1.27. The third kappa shape index (κ3) is 2.92. The van der Waals surface area contributed by atoms with Gasteiger partial charge in [-0.25, -0.2) is 9.97 Å². The highest BCUT2D eigenvalue weighted by atomic mass is 32.1. The van der Waals surface area contributed by atoms with E-state index in [0.29, 0.717) is 0 Å². The summed E-state index contributed by atoms with van der Waals surface area (Å²) < 4.78 is 7.51. The number of hydrogen-bond donors (Lipinski definition) is 0. The number of thiophene rings is 1. The lowest BCUT2D eigenvalue weighted by molar-refractivity contribution is 0.670. The van der Waals surface area contributed by atoms with Gasteiger partial charge >= 0.3 is 0 Å². The normalized spacial score (nSPS) is 11.9. The highest BCUT2D eigenvalue weighted by molar-refractivity contribution is 7.25. The van der Waals surface area contributed by atoms with Crippen LogP contribution in [0.25, 0.3) is 75.7 Å². The second-order valence-electron chi connectivity index (χ2n) is 9.04. The Morgan fingerprint density at radius 3 is 2.31 bits per heavy atom. The molecule has 3 aromatic heterocycles. The van der Waals surface area contributed by atoms with E-state index in [1.807, 2.05) is 12.1 Å². The van der Waals surface area contributed by atoms with Gasteiger partial charge in [0.15, 0.2) is 0 Å². The Hall–Kier alpha value is -4.54. The van der Waals surface area contributed by atoms with Gasteiger partial charge < -0.3 is 4.42 Å². The zero-order valence-corrected chi connectivity index (χ0v) is 19.9. The Morgan fingerprint density at radius 2 is 1.33 bits per heavy atom. The van der Waals surface area contributed by atoms with Crippen LogP contribution in [0.3, 0.4) is 0 Å². The summed E-state index contributed by atoms with van der Waals surface area (Å²) >= 11 is 1.70. The van der Waals surface area contributed by atoms with Crippen LogP contribution in [0, 0.1) is 0 Å². The number of hydrogen-bond acceptors (Lipinski definition) is 4. The minimum absolute atomic E-state index is 0.913. The van der Waals surface area contributed by atoms with E-state index >= 15 is 0 Å². The lowest BCUT2D eigenvalue weighted by Gasteiger charge is -2.08. The molecule has 0 unspecified atom stereocenters. The predicted octanol–water partition coefficient (Wildman–Crippen LogP) is 9.23. The molecule has 8 rings (SSSR count). The summed E-state index contributed by atoms with van der Waals surface area (Å²) in [6, 6.07) is 38.0. The van der Waals surface area contributed by atoms with E-state index in [9.17, 15) is 0 Å². The standard InChI is InChI=1S/C32H18N2OS/c1-3-13-28-23(9-1)24-12-6-11-22(31(24)35-28)21-8-5-7-19(17-21)20-15-16-26-27(18-20)34-32-30(33-26)25-10-2-4-14-29(25)36-32/h1-18H. The lowest BCUT2D eigenvalue weighted by atomic mass is 9.97. The summed E-state index contributed by atoms with van der Waals surface area (Å²) in [6.07, 6.45) is 0. The minimum Gasteiger partial charge on any atom is -0.455 e. The number of rotatable bonds is 2. The summed E-state index contributed by atoms with van der Waals surface area (Å²) in [4.78, 5) is 10.9. The fraction of sp³-hybridized carbons (Fsp3) is 0. The van der Waals surface area contributed by atoms with Gasteiger partial charge in [0, 0.05) is 26.4 Å². The monoisotopic (exact) mass is 478 g/mol. The van der Waals surface area contributed by atoms with Crippen molar-refractivity contribution in [3.05, 3.63) is 109 Å². The molecule has 0 aliphatic rings. The van der Waals surface area contributed by atoms with Crippen molar-refractivity contribution in [1.82, 2.24) is 9.97 Å². The topological polar surface area (TPSA) is 38.9 Å². The largest absolute Gasteiger partial charge is 0.455 e. The number of para-hydroxylation sites is 2. The molecule has 0 bridgehead atoms. The van der Waals surface area contributed by atoms with Gasteiger partial charge in [-0.3, -0.25) is 0 Å². The number of furan rings is 1. The molecule has 0 spiro atoms. The molecule has 0 amide bonds. The fourth-order valence-corrected chi connectivity index (χ4v) is 6.19. The van der Waals surface area contributed by atoms with E-state index in [1.165, 1.54) is 10.1 Å². The van der Waals surface area contributed by atoms with Crippen molar-refractivity contribution in [2.24, 2.45) is 0 Å². The van der Waals surface area contributed by atoms with Crippen LogP contribution in [0.4, 0.5) is 0 Å². The maximum atomic E-state index is 6.29. The summed E-state index contributed by atoms with van der Waals surface area (Å²) in [6.45, 7) is 0. The van der Waals surface area contributed by atoms with Gasteiger partial charge in [-0.15, -0.1) is 11.3 Å². The molecule has 0 atom stereocenters. The van der Waals surface area contributed by atoms with E-state index in [2.05, 4.69) is 97.1 Å². The number of benzene rings is 5. The Bertz CT molecular complexity index is 2120. The van der Waals surface area contributed by atoms with Crippen LogP contribution in [-0.2, 0) is 0 Å². The zero-order valence-electron chi connectivity index (χ0n) is 19.1. The Labute approximate surface area is 210 Å². The maximum Gasteiger partial charge on any atom is 0.143 e. The van der Waals surface area contributed by atoms with Gasteiger partial charge in [-0.2, -0.15) is 0 Å². The van der Waals surface area contributed by atoms with Crippen LogP contribution >= 0.6 is 11.3 Å². The van der Waals surface area contributed by atoms with Crippen molar-refractivity contribution in [2.75, 3.05) is 0 Å². The fourth-order valence-electron chi connectivity index (χ4n) is 5.16. The molecule has 4 heteroatoms. The maximum absolute atomic E-state index is 6.29. The van der Waals surface area contributed by atoms with Crippen LogP contribution in [0.1, 0.15) is 0 Å². The van der Waals surface area contributed by atoms with Crippen LogP contribution in [0.15, 0.2) is 114 Å². The molecule has 36 heavy (non-hydrogen) atoms. The molecule has 0 fully saturated rings. The summed E-state index contributed by atoms with van der Waals surface area (Å²) in [5, 5.41) is 3.46. The number of nitrogens with zero attached hydrogens (tertiary/aromatic N) is 2. The van der Waals surface area contributed by atoms with E-state index in [4.69, 9.17) is 14.4 Å². The first-order valence-electron chi connectivity index (χ1n) is 11.9. The molecule has 0 radical (unpaired) electrons. The van der Waals surface area contributed by atoms with Crippen molar-refractivity contribution in [2.45, 2.75) is 0 Å². The average molecular weight is 479 g/mol. The summed E-state index contributed by atoms with van der Waals surface area (Å²) in [7, 11) is 0. The van der Waals surface area contributed by atoms with Crippen molar-refractivity contribution in [3.8, 4) is 22.3 Å². The second kappa shape index (κ2) is 7.48. The quantitative estimate of drug-likeness (QED) is 0.248. The van der Waals surface area contributed by atoms with Crippen LogP contribution < -0.4 is 0 Å². The molecule has 5 aromatic carbocycles. The van der Waals surface area contributed by atoms with Gasteiger partial charge in [-0.1, -0.05) is 78.9 Å². The molecule has 0 saturated heterocycles. The SMILES string of the molecule is c1cc(-c2ccc3nc4c(nc3c2)sc2ccccc24)cc(-c2cccc3c2oc2ccccc23)c1. The van der Waals surface area contributed by atoms with Crippen LogP contribution in [0.2, 0.25) is 0 Å². The third-order valence-corrected chi connectivity index (χ3v) is 7.95. The van der Waals surface area contributed by atoms with Crippen molar-refractivity contribution in [3.63, 3.8) is 0 Å². The van der Waals surface area contributed by atoms with E-state index < -0.39 is 0 Å². The molecule has 3 nitrogen and oxygen atoms in total. The van der Waals surface area contributed by atoms with Crippen molar-refractivity contribution < 1.29 is 4.42 Å². The van der Waals surface area contributed by atoms with E-state index in [-0.39, 0.29) is 0 Å². The van der Waals surface area contributed by atoms with Gasteiger partial charge in [0.25, 0.3) is 0 Å². The number of aromatic nitrogens is 2.